The van der Waals surface area contributed by atoms with Crippen LogP contribution in [0, 0.1) is 28.6 Å². The number of allylic oxidation sites excluding steroid dienone is 1. The molecular weight excluding hydrogens is 567 g/mol. The molecule has 0 aliphatic heterocycles. The first-order valence-corrected chi connectivity index (χ1v) is 15.7. The Balaban J connectivity index is 0. The van der Waals surface area contributed by atoms with Gasteiger partial charge >= 0.3 is 15.2 Å². The number of aliphatic hydroxyl groups is 2. The molecule has 0 aromatic heterocycles. The third kappa shape index (κ3) is 7.71. The van der Waals surface area contributed by atoms with E-state index in [1.165, 1.54) is 31.3 Å². The van der Waals surface area contributed by atoms with Crippen LogP contribution in [0.1, 0.15) is 78.1 Å². The molecule has 0 amide bonds. The molecule has 14 N–H and O–H groups in total. The average molecular weight is 615 g/mol. The molecule has 0 aromatic rings. The fourth-order valence-electron chi connectivity index (χ4n) is 7.33. The van der Waals surface area contributed by atoms with Gasteiger partial charge in [0, 0.05) is 42.4 Å². The predicted molar refractivity (Wildman–Crippen MR) is 147 cm³/mol. The molecule has 4 aliphatic rings. The molecule has 16 heteroatoms. The molecule has 0 saturated heterocycles. The van der Waals surface area contributed by atoms with Gasteiger partial charge in [0.05, 0.1) is 6.10 Å². The topological polar surface area (TPSA) is 293 Å². The first-order chi connectivity index (χ1) is 16.0. The minimum atomic E-state index is -5.30. The molecule has 3 saturated carbocycles. The van der Waals surface area contributed by atoms with E-state index in [9.17, 15) is 24.1 Å². The van der Waals surface area contributed by atoms with Gasteiger partial charge in [0.1, 0.15) is 0 Å². The van der Waals surface area contributed by atoms with Gasteiger partial charge in [-0.25, -0.2) is 0 Å². The summed E-state index contributed by atoms with van der Waals surface area (Å²) in [4.78, 5) is 46.3. The van der Waals surface area contributed by atoms with Gasteiger partial charge in [0.15, 0.2) is 5.78 Å². The first-order valence-electron chi connectivity index (χ1n) is 12.5. The van der Waals surface area contributed by atoms with Crippen molar-refractivity contribution in [2.45, 2.75) is 89.2 Å². The normalized spacial score (nSPS) is 33.6. The second-order valence-electron chi connectivity index (χ2n) is 11.4. The first kappa shape index (κ1) is 41.6. The molecule has 0 heterocycles. The number of nitrogens with two attached hydrogens (primary N) is 1. The van der Waals surface area contributed by atoms with E-state index in [4.69, 9.17) is 25.3 Å². The van der Waals surface area contributed by atoms with E-state index < -0.39 is 26.7 Å². The van der Waals surface area contributed by atoms with Crippen molar-refractivity contribution in [3.05, 3.63) is 11.6 Å². The maximum Gasteiger partial charge on any atom is 0.369 e. The van der Waals surface area contributed by atoms with Crippen LogP contribution in [0.15, 0.2) is 11.6 Å². The number of carbonyl (C=O) groups is 1. The molecule has 0 spiro atoms. The van der Waals surface area contributed by atoms with Crippen molar-refractivity contribution in [2.75, 3.05) is 6.54 Å². The molecule has 6 atom stereocenters. The molecule has 39 heavy (non-hydrogen) atoms. The van der Waals surface area contributed by atoms with E-state index in [1.807, 2.05) is 6.08 Å². The third-order valence-corrected chi connectivity index (χ3v) is 13.4. The number of hydrogen-bond acceptors (Lipinski definition) is 6. The fraction of sp³-hybridized carbons (Fsp3) is 0.870. The van der Waals surface area contributed by atoms with E-state index in [0.717, 1.165) is 37.5 Å². The SMILES string of the molecule is C[C@]12CC[C@H]3[C@@H](CCC4=CC(=O)CC[C@@]43C)[C@@H]1CC[C@@H]2O.NCCCC(O)(P(=O)(O)O)P(=O)(O)O.O.O.O.[Na]. The molecule has 1 radical (unpaired) electrons. The van der Waals surface area contributed by atoms with E-state index >= 15 is 0 Å². The van der Waals surface area contributed by atoms with Crippen LogP contribution in [-0.4, -0.2) is 99.3 Å². The van der Waals surface area contributed by atoms with Crippen LogP contribution in [0.5, 0.6) is 0 Å². The Bertz CT molecular complexity index is 933. The van der Waals surface area contributed by atoms with Gasteiger partial charge in [-0.2, -0.15) is 0 Å². The van der Waals surface area contributed by atoms with Crippen LogP contribution in [0.3, 0.4) is 0 Å². The maximum absolute atomic E-state index is 11.8. The van der Waals surface area contributed by atoms with E-state index in [2.05, 4.69) is 13.8 Å². The molecule has 3 fully saturated rings. The molecule has 0 bridgehead atoms. The van der Waals surface area contributed by atoms with E-state index in [0.29, 0.717) is 11.7 Å². The van der Waals surface area contributed by atoms with Crippen molar-refractivity contribution in [2.24, 2.45) is 34.3 Å². The largest absolute Gasteiger partial charge is 0.412 e. The summed E-state index contributed by atoms with van der Waals surface area (Å²) in [6.45, 7) is 4.72. The minimum absolute atomic E-state index is 0. The van der Waals surface area contributed by atoms with Crippen LogP contribution in [0.4, 0.5) is 0 Å². The van der Waals surface area contributed by atoms with E-state index in [-0.39, 0.29) is 75.9 Å². The molecule has 0 aromatic carbocycles. The number of fused-ring (bicyclic) bond motifs is 5. The number of aliphatic hydroxyl groups excluding tert-OH is 1. The summed E-state index contributed by atoms with van der Waals surface area (Å²) < 4.78 is 21.4. The summed E-state index contributed by atoms with van der Waals surface area (Å²) in [6, 6.07) is 0. The Morgan fingerprint density at radius 1 is 0.949 bits per heavy atom. The monoisotopic (exact) mass is 614 g/mol. The van der Waals surface area contributed by atoms with Crippen molar-refractivity contribution < 1.29 is 60.1 Å². The Morgan fingerprint density at radius 3 is 2.03 bits per heavy atom. The van der Waals surface area contributed by atoms with Gasteiger partial charge in [-0.3, -0.25) is 13.9 Å². The summed E-state index contributed by atoms with van der Waals surface area (Å²) in [5.74, 6) is 2.57. The minimum Gasteiger partial charge on any atom is -0.412 e. The Morgan fingerprint density at radius 2 is 1.51 bits per heavy atom. The predicted octanol–water partition coefficient (Wildman–Crippen LogP) is -0.249. The smallest absolute Gasteiger partial charge is 0.369 e. The molecule has 4 aliphatic carbocycles. The third-order valence-electron chi connectivity index (χ3n) is 9.56. The second kappa shape index (κ2) is 14.8. The zero-order valence-corrected chi connectivity index (χ0v) is 26.8. The van der Waals surface area contributed by atoms with Gasteiger partial charge in [-0.15, -0.1) is 0 Å². The standard InChI is InChI=1S/C19H28O2.C4H13NO7P2.Na.3H2O/c1-18-9-7-13(20)11-12(18)3-4-14-15-5-6-17(21)19(15,2)10-8-16(14)18;5-3-1-2-4(6,13(7,8)9)14(10,11)12;;;;/h11,14-17,21H,3-10H2,1-2H3;6H,1-3,5H2,(H2,7,8,9)(H2,10,11,12);;3*1H2/t14-,15-,16-,17-,18-,19-;;;;;/m0...../s1. The van der Waals surface area contributed by atoms with Crippen LogP contribution < -0.4 is 5.73 Å². The zero-order valence-electron chi connectivity index (χ0n) is 23.0. The summed E-state index contributed by atoms with van der Waals surface area (Å²) in [6.07, 6.45) is 9.85. The van der Waals surface area contributed by atoms with Gasteiger partial charge in [0.25, 0.3) is 5.08 Å². The zero-order chi connectivity index (χ0) is 26.4. The average Bonchev–Trinajstić information content (AvgIpc) is 3.06. The number of hydrogen-bond donors (Lipinski definition) is 7. The summed E-state index contributed by atoms with van der Waals surface area (Å²) in [5, 5.41) is 16.4. The van der Waals surface area contributed by atoms with Crippen LogP contribution in [0.25, 0.3) is 0 Å². The van der Waals surface area contributed by atoms with Crippen molar-refractivity contribution >= 4 is 50.5 Å². The van der Waals surface area contributed by atoms with Gasteiger partial charge in [0.2, 0.25) is 0 Å². The summed E-state index contributed by atoms with van der Waals surface area (Å²) in [7, 11) is -10.6. The molecule has 227 valence electrons. The second-order valence-corrected chi connectivity index (χ2v) is 15.4. The van der Waals surface area contributed by atoms with Crippen molar-refractivity contribution in [1.82, 2.24) is 0 Å². The number of carbonyl (C=O) groups excluding carboxylic acids is 1. The van der Waals surface area contributed by atoms with Crippen LogP contribution in [0.2, 0.25) is 0 Å². The molecular formula is C23H47NNaO12P2. The quantitative estimate of drug-likeness (QED) is 0.157. The van der Waals surface area contributed by atoms with Crippen molar-refractivity contribution in [1.29, 1.82) is 0 Å². The summed E-state index contributed by atoms with van der Waals surface area (Å²) in [5.41, 5.74) is 6.89. The molecule has 4 rings (SSSR count). The van der Waals surface area contributed by atoms with Crippen LogP contribution >= 0.6 is 15.2 Å². The van der Waals surface area contributed by atoms with Crippen molar-refractivity contribution in [3.8, 4) is 0 Å². The van der Waals surface area contributed by atoms with Crippen molar-refractivity contribution in [3.63, 3.8) is 0 Å². The fourth-order valence-corrected chi connectivity index (χ4v) is 9.59. The van der Waals surface area contributed by atoms with Gasteiger partial charge < -0.3 is 51.9 Å². The Hall–Kier alpha value is 0.470. The van der Waals surface area contributed by atoms with Gasteiger partial charge in [-0.05, 0) is 92.6 Å². The van der Waals surface area contributed by atoms with Gasteiger partial charge in [-0.1, -0.05) is 19.4 Å². The Kier molecular flexibility index (Phi) is 15.8. The van der Waals surface area contributed by atoms with Crippen LogP contribution in [-0.2, 0) is 13.9 Å². The summed E-state index contributed by atoms with van der Waals surface area (Å²) >= 11 is 0. The van der Waals surface area contributed by atoms with E-state index in [1.54, 1.807) is 0 Å². The Labute approximate surface area is 251 Å². The maximum atomic E-state index is 11.8. The molecule has 0 unspecified atom stereocenters. The number of rotatable bonds is 5. The molecule has 13 nitrogen and oxygen atoms in total. The number of ketones is 1.